The number of anilines is 1. The number of aromatic amines is 1. The van der Waals surface area contributed by atoms with E-state index in [4.69, 9.17) is 0 Å². The molecule has 0 fully saturated rings. The van der Waals surface area contributed by atoms with E-state index in [2.05, 4.69) is 20.5 Å². The molecule has 0 spiro atoms. The molecule has 116 valence electrons. The van der Waals surface area contributed by atoms with Crippen LogP contribution in [0.25, 0.3) is 10.9 Å². The molecule has 0 aliphatic rings. The highest BCUT2D eigenvalue weighted by Gasteiger charge is 2.10. The molecule has 6 nitrogen and oxygen atoms in total. The first-order valence-electron chi connectivity index (χ1n) is 6.52. The van der Waals surface area contributed by atoms with Crippen LogP contribution >= 0.6 is 0 Å². The molecule has 3 N–H and O–H groups in total. The van der Waals surface area contributed by atoms with Crippen LogP contribution in [0.5, 0.6) is 5.88 Å². The molecule has 1 aromatic heterocycles. The lowest BCUT2D eigenvalue weighted by atomic mass is 10.2. The number of halogens is 2. The lowest BCUT2D eigenvalue weighted by Gasteiger charge is -2.01. The Labute approximate surface area is 128 Å². The molecule has 0 saturated heterocycles. The number of hydrogen-bond donors (Lipinski definition) is 3. The van der Waals surface area contributed by atoms with E-state index >= 15 is 0 Å². The van der Waals surface area contributed by atoms with Crippen molar-refractivity contribution in [2.45, 2.75) is 0 Å². The van der Waals surface area contributed by atoms with Crippen LogP contribution < -0.4 is 5.32 Å². The van der Waals surface area contributed by atoms with Crippen molar-refractivity contribution in [3.8, 4) is 5.88 Å². The van der Waals surface area contributed by atoms with E-state index in [0.29, 0.717) is 10.9 Å². The van der Waals surface area contributed by atoms with Gasteiger partial charge < -0.3 is 15.4 Å². The summed E-state index contributed by atoms with van der Waals surface area (Å²) in [5.74, 6) is -2.34. The summed E-state index contributed by atoms with van der Waals surface area (Å²) in [7, 11) is 0. The molecule has 8 heteroatoms. The number of nitrogens with one attached hydrogen (secondary N) is 2. The zero-order valence-corrected chi connectivity index (χ0v) is 11.5. The minimum atomic E-state index is -1.09. The van der Waals surface area contributed by atoms with Gasteiger partial charge in [0.05, 0.1) is 5.52 Å². The van der Waals surface area contributed by atoms with E-state index in [1.807, 2.05) is 0 Å². The van der Waals surface area contributed by atoms with Crippen LogP contribution in [0.4, 0.5) is 25.0 Å². The second kappa shape index (κ2) is 5.84. The molecule has 1 heterocycles. The standard InChI is InChI=1S/C15H10F2N4O2/c16-10-6-5-8(7-11(10)17)18-15(23)21-20-13-9-3-1-2-4-12(9)19-14(13)22/h1-7,19,22H,(H,18,23). The number of hydrogen-bond acceptors (Lipinski definition) is 3. The second-order valence-electron chi connectivity index (χ2n) is 4.63. The van der Waals surface area contributed by atoms with Gasteiger partial charge in [-0.2, -0.15) is 0 Å². The Morgan fingerprint density at radius 1 is 1.13 bits per heavy atom. The third-order valence-corrected chi connectivity index (χ3v) is 3.07. The van der Waals surface area contributed by atoms with Gasteiger partial charge in [0.25, 0.3) is 0 Å². The van der Waals surface area contributed by atoms with Gasteiger partial charge in [-0.15, -0.1) is 5.11 Å². The highest BCUT2D eigenvalue weighted by Crippen LogP contribution is 2.35. The van der Waals surface area contributed by atoms with E-state index in [1.54, 1.807) is 24.3 Å². The Morgan fingerprint density at radius 3 is 2.70 bits per heavy atom. The van der Waals surface area contributed by atoms with Crippen molar-refractivity contribution in [3.63, 3.8) is 0 Å². The summed E-state index contributed by atoms with van der Waals surface area (Å²) in [5.41, 5.74) is 0.789. The van der Waals surface area contributed by atoms with Gasteiger partial charge in [0.15, 0.2) is 17.3 Å². The maximum atomic E-state index is 13.0. The number of urea groups is 1. The van der Waals surface area contributed by atoms with Gasteiger partial charge in [0, 0.05) is 17.1 Å². The van der Waals surface area contributed by atoms with Crippen molar-refractivity contribution in [3.05, 3.63) is 54.1 Å². The fourth-order valence-corrected chi connectivity index (χ4v) is 2.03. The molecular weight excluding hydrogens is 306 g/mol. The first-order chi connectivity index (χ1) is 11.0. The summed E-state index contributed by atoms with van der Waals surface area (Å²) in [4.78, 5) is 14.4. The van der Waals surface area contributed by atoms with Crippen molar-refractivity contribution >= 4 is 28.3 Å². The quantitative estimate of drug-likeness (QED) is 0.609. The molecule has 3 aromatic rings. The number of azo groups is 1. The van der Waals surface area contributed by atoms with Crippen LogP contribution in [-0.4, -0.2) is 16.1 Å². The fourth-order valence-electron chi connectivity index (χ4n) is 2.03. The van der Waals surface area contributed by atoms with Crippen molar-refractivity contribution in [2.75, 3.05) is 5.32 Å². The van der Waals surface area contributed by atoms with Crippen molar-refractivity contribution in [1.29, 1.82) is 0 Å². The molecule has 0 radical (unpaired) electrons. The molecule has 0 unspecified atom stereocenters. The van der Waals surface area contributed by atoms with Crippen molar-refractivity contribution < 1.29 is 18.7 Å². The summed E-state index contributed by atoms with van der Waals surface area (Å²) >= 11 is 0. The normalized spacial score (nSPS) is 11.2. The van der Waals surface area contributed by atoms with E-state index in [9.17, 15) is 18.7 Å². The van der Waals surface area contributed by atoms with Crippen LogP contribution in [0.3, 0.4) is 0 Å². The Hall–Kier alpha value is -3.29. The SMILES string of the molecule is O=C(N=Nc1c(O)[nH]c2ccccc12)Nc1ccc(F)c(F)c1. The lowest BCUT2D eigenvalue weighted by molar-refractivity contribution is 0.258. The smallest absolute Gasteiger partial charge is 0.364 e. The number of amides is 2. The molecule has 0 aliphatic carbocycles. The first-order valence-corrected chi connectivity index (χ1v) is 6.52. The molecule has 2 amide bonds. The van der Waals surface area contributed by atoms with E-state index in [1.165, 1.54) is 6.07 Å². The number of aromatic hydroxyl groups is 1. The summed E-state index contributed by atoms with van der Waals surface area (Å²) in [6, 6.07) is 8.96. The molecule has 23 heavy (non-hydrogen) atoms. The van der Waals surface area contributed by atoms with E-state index < -0.39 is 17.7 Å². The third-order valence-electron chi connectivity index (χ3n) is 3.07. The largest absolute Gasteiger partial charge is 0.493 e. The minimum Gasteiger partial charge on any atom is -0.493 e. The maximum absolute atomic E-state index is 13.0. The number of H-pyrrole nitrogens is 1. The number of nitrogens with zero attached hydrogens (tertiary/aromatic N) is 2. The molecule has 0 aliphatic heterocycles. The van der Waals surface area contributed by atoms with E-state index in [0.717, 1.165) is 12.1 Å². The summed E-state index contributed by atoms with van der Waals surface area (Å²) in [6.45, 7) is 0. The van der Waals surface area contributed by atoms with Gasteiger partial charge >= 0.3 is 6.03 Å². The molecule has 0 atom stereocenters. The number of carbonyl (C=O) groups excluding carboxylic acids is 1. The highest BCUT2D eigenvalue weighted by molar-refractivity contribution is 5.95. The minimum absolute atomic E-state index is 0.0380. The van der Waals surface area contributed by atoms with Gasteiger partial charge in [-0.1, -0.05) is 23.3 Å². The molecule has 0 saturated carbocycles. The van der Waals surface area contributed by atoms with Gasteiger partial charge in [0.1, 0.15) is 0 Å². The summed E-state index contributed by atoms with van der Waals surface area (Å²) < 4.78 is 25.9. The maximum Gasteiger partial charge on any atom is 0.364 e. The van der Waals surface area contributed by atoms with Crippen LogP contribution in [0.1, 0.15) is 0 Å². The monoisotopic (exact) mass is 316 g/mol. The second-order valence-corrected chi connectivity index (χ2v) is 4.63. The number of para-hydroxylation sites is 1. The predicted molar refractivity (Wildman–Crippen MR) is 79.9 cm³/mol. The topological polar surface area (TPSA) is 89.8 Å². The predicted octanol–water partition coefficient (Wildman–Crippen LogP) is 4.47. The van der Waals surface area contributed by atoms with Gasteiger partial charge in [-0.3, -0.25) is 0 Å². The number of fused-ring (bicyclic) bond motifs is 1. The van der Waals surface area contributed by atoms with Gasteiger partial charge in [-0.05, 0) is 18.2 Å². The van der Waals surface area contributed by atoms with Crippen LogP contribution in [0.2, 0.25) is 0 Å². The average molecular weight is 316 g/mol. The Bertz CT molecular complexity index is 921. The lowest BCUT2D eigenvalue weighted by Crippen LogP contribution is -2.05. The number of carbonyl (C=O) groups is 1. The summed E-state index contributed by atoms with van der Waals surface area (Å²) in [6.07, 6.45) is 0. The van der Waals surface area contributed by atoms with Crippen LogP contribution in [-0.2, 0) is 0 Å². The molecule has 2 aromatic carbocycles. The molecule has 3 rings (SSSR count). The average Bonchev–Trinajstić information content (AvgIpc) is 2.84. The van der Waals surface area contributed by atoms with Gasteiger partial charge in [0.2, 0.25) is 5.88 Å². The number of rotatable bonds is 2. The van der Waals surface area contributed by atoms with Crippen molar-refractivity contribution in [2.24, 2.45) is 10.2 Å². The molecule has 0 bridgehead atoms. The van der Waals surface area contributed by atoms with E-state index in [-0.39, 0.29) is 17.3 Å². The van der Waals surface area contributed by atoms with Crippen LogP contribution in [0.15, 0.2) is 52.7 Å². The number of aromatic nitrogens is 1. The van der Waals surface area contributed by atoms with Crippen LogP contribution in [0, 0.1) is 11.6 Å². The summed E-state index contributed by atoms with van der Waals surface area (Å²) in [5, 5.41) is 19.7. The molecular formula is C15H10F2N4O2. The Kier molecular flexibility index (Phi) is 3.71. The third kappa shape index (κ3) is 3.00. The fraction of sp³-hybridized carbons (Fsp3) is 0. The Balaban J connectivity index is 1.80. The highest BCUT2D eigenvalue weighted by atomic mass is 19.2. The van der Waals surface area contributed by atoms with Gasteiger partial charge in [-0.25, -0.2) is 13.6 Å². The zero-order valence-electron chi connectivity index (χ0n) is 11.5. The Morgan fingerprint density at radius 2 is 1.91 bits per heavy atom. The first kappa shape index (κ1) is 14.6. The zero-order chi connectivity index (χ0) is 16.4. The number of benzene rings is 2. The van der Waals surface area contributed by atoms with Crippen molar-refractivity contribution in [1.82, 2.24) is 4.98 Å².